The van der Waals surface area contributed by atoms with Crippen LogP contribution in [0.5, 0.6) is 0 Å². The minimum Gasteiger partial charge on any atom is -0.366 e. The van der Waals surface area contributed by atoms with Gasteiger partial charge in [-0.15, -0.1) is 0 Å². The Labute approximate surface area is 134 Å². The lowest BCUT2D eigenvalue weighted by molar-refractivity contribution is 0.558. The molecule has 2 aromatic carbocycles. The molecule has 0 aliphatic heterocycles. The third kappa shape index (κ3) is 3.63. The smallest absolute Gasteiger partial charge is 0.0992 e. The highest BCUT2D eigenvalue weighted by Crippen LogP contribution is 2.29. The topological polar surface area (TPSA) is 53.0 Å². The van der Waals surface area contributed by atoms with E-state index in [0.717, 1.165) is 15.7 Å². The molecule has 0 heterocycles. The Balaban J connectivity index is 2.37. The summed E-state index contributed by atoms with van der Waals surface area (Å²) in [6.45, 7) is 2.00. The summed E-state index contributed by atoms with van der Waals surface area (Å²) in [7, 11) is 2.01. The van der Waals surface area contributed by atoms with E-state index in [9.17, 15) is 0 Å². The minimum absolute atomic E-state index is 0.0399. The van der Waals surface area contributed by atoms with E-state index in [4.69, 9.17) is 11.0 Å². The Morgan fingerprint density at radius 3 is 2.43 bits per heavy atom. The van der Waals surface area contributed by atoms with Gasteiger partial charge in [-0.1, -0.05) is 34.1 Å². The number of likely N-dealkylation sites (N-methyl/N-ethyl adjacent to an activating group) is 1. The van der Waals surface area contributed by atoms with E-state index in [1.54, 1.807) is 6.07 Å². The molecule has 0 saturated heterocycles. The molecule has 0 bridgehead atoms. The zero-order chi connectivity index (χ0) is 15.4. The van der Waals surface area contributed by atoms with E-state index in [-0.39, 0.29) is 12.1 Å². The van der Waals surface area contributed by atoms with Crippen LogP contribution in [0.15, 0.2) is 53.0 Å². The fraction of sp³-hybridized carbons (Fsp3) is 0.235. The SMILES string of the molecule is CC(N)C(c1ccc(Br)cc1)N(C)c1cccc(C#N)c1. The molecule has 2 unspecified atom stereocenters. The Bertz CT molecular complexity index is 644. The summed E-state index contributed by atoms with van der Waals surface area (Å²) in [5.41, 5.74) is 8.99. The normalized spacial score (nSPS) is 13.3. The molecule has 2 N–H and O–H groups in total. The van der Waals surface area contributed by atoms with Crippen LogP contribution < -0.4 is 10.6 Å². The number of nitriles is 1. The Morgan fingerprint density at radius 2 is 1.86 bits per heavy atom. The van der Waals surface area contributed by atoms with Gasteiger partial charge in [0.15, 0.2) is 0 Å². The van der Waals surface area contributed by atoms with Crippen LogP contribution in [-0.4, -0.2) is 13.1 Å². The molecular formula is C17H18BrN3. The molecular weight excluding hydrogens is 326 g/mol. The molecule has 0 aliphatic carbocycles. The van der Waals surface area contributed by atoms with Gasteiger partial charge in [0.25, 0.3) is 0 Å². The Morgan fingerprint density at radius 1 is 1.19 bits per heavy atom. The lowest BCUT2D eigenvalue weighted by Crippen LogP contribution is -2.37. The van der Waals surface area contributed by atoms with Crippen LogP contribution in [-0.2, 0) is 0 Å². The number of halogens is 1. The molecule has 2 atom stereocenters. The molecule has 0 spiro atoms. The molecule has 2 rings (SSSR count). The third-order valence-corrected chi connectivity index (χ3v) is 4.04. The van der Waals surface area contributed by atoms with Gasteiger partial charge in [-0.25, -0.2) is 0 Å². The maximum Gasteiger partial charge on any atom is 0.0992 e. The monoisotopic (exact) mass is 343 g/mol. The highest BCUT2D eigenvalue weighted by molar-refractivity contribution is 9.10. The first kappa shape index (κ1) is 15.6. The molecule has 3 nitrogen and oxygen atoms in total. The molecule has 0 aliphatic rings. The van der Waals surface area contributed by atoms with Crippen molar-refractivity contribution in [2.24, 2.45) is 5.73 Å². The van der Waals surface area contributed by atoms with Crippen LogP contribution in [0.2, 0.25) is 0 Å². The molecule has 21 heavy (non-hydrogen) atoms. The fourth-order valence-electron chi connectivity index (χ4n) is 2.50. The van der Waals surface area contributed by atoms with Gasteiger partial charge in [-0.2, -0.15) is 5.26 Å². The molecule has 0 saturated carbocycles. The van der Waals surface area contributed by atoms with Crippen LogP contribution in [0.1, 0.15) is 24.1 Å². The minimum atomic E-state index is -0.0399. The van der Waals surface area contributed by atoms with E-state index < -0.39 is 0 Å². The largest absolute Gasteiger partial charge is 0.366 e. The van der Waals surface area contributed by atoms with Gasteiger partial charge in [-0.3, -0.25) is 0 Å². The van der Waals surface area contributed by atoms with Crippen LogP contribution in [0.3, 0.4) is 0 Å². The zero-order valence-corrected chi connectivity index (χ0v) is 13.7. The van der Waals surface area contributed by atoms with Crippen molar-refractivity contribution < 1.29 is 0 Å². The van der Waals surface area contributed by atoms with Crippen molar-refractivity contribution in [2.45, 2.75) is 19.0 Å². The summed E-state index contributed by atoms with van der Waals surface area (Å²) in [6, 6.07) is 17.9. The summed E-state index contributed by atoms with van der Waals surface area (Å²) in [5, 5.41) is 9.04. The van der Waals surface area contributed by atoms with Gasteiger partial charge in [0.05, 0.1) is 17.7 Å². The number of anilines is 1. The summed E-state index contributed by atoms with van der Waals surface area (Å²) >= 11 is 3.45. The third-order valence-electron chi connectivity index (χ3n) is 3.51. The maximum atomic E-state index is 9.04. The van der Waals surface area contributed by atoms with Crippen LogP contribution in [0.25, 0.3) is 0 Å². The highest BCUT2D eigenvalue weighted by atomic mass is 79.9. The first-order valence-corrected chi connectivity index (χ1v) is 7.56. The Hall–Kier alpha value is -1.83. The zero-order valence-electron chi connectivity index (χ0n) is 12.1. The average molecular weight is 344 g/mol. The quantitative estimate of drug-likeness (QED) is 0.917. The first-order chi connectivity index (χ1) is 10.0. The molecule has 108 valence electrons. The summed E-state index contributed by atoms with van der Waals surface area (Å²) in [5.74, 6) is 0. The van der Waals surface area contributed by atoms with Gasteiger partial charge in [-0.05, 0) is 42.8 Å². The van der Waals surface area contributed by atoms with Crippen LogP contribution >= 0.6 is 15.9 Å². The van der Waals surface area contributed by atoms with E-state index in [2.05, 4.69) is 39.0 Å². The van der Waals surface area contributed by atoms with Crippen molar-refractivity contribution in [3.8, 4) is 6.07 Å². The Kier molecular flexibility index (Phi) is 5.00. The lowest BCUT2D eigenvalue weighted by atomic mass is 9.99. The lowest BCUT2D eigenvalue weighted by Gasteiger charge is -2.33. The number of hydrogen-bond acceptors (Lipinski definition) is 3. The molecule has 2 aromatic rings. The maximum absolute atomic E-state index is 9.04. The second-order valence-electron chi connectivity index (χ2n) is 5.13. The van der Waals surface area contributed by atoms with Crippen molar-refractivity contribution >= 4 is 21.6 Å². The molecule has 0 aromatic heterocycles. The van der Waals surface area contributed by atoms with Gasteiger partial charge < -0.3 is 10.6 Å². The average Bonchev–Trinajstić information content (AvgIpc) is 2.49. The summed E-state index contributed by atoms with van der Waals surface area (Å²) < 4.78 is 1.05. The van der Waals surface area contributed by atoms with E-state index in [1.165, 1.54) is 0 Å². The number of nitrogens with two attached hydrogens (primary N) is 1. The van der Waals surface area contributed by atoms with Crippen molar-refractivity contribution in [1.29, 1.82) is 5.26 Å². The number of benzene rings is 2. The standard InChI is InChI=1S/C17H18BrN3/c1-12(20)17(14-6-8-15(18)9-7-14)21(2)16-5-3-4-13(10-16)11-19/h3-10,12,17H,20H2,1-2H3. The first-order valence-electron chi connectivity index (χ1n) is 6.77. The number of rotatable bonds is 4. The van der Waals surface area contributed by atoms with Gasteiger partial charge in [0.2, 0.25) is 0 Å². The second kappa shape index (κ2) is 6.75. The van der Waals surface area contributed by atoms with Gasteiger partial charge in [0, 0.05) is 23.2 Å². The number of hydrogen-bond donors (Lipinski definition) is 1. The van der Waals surface area contributed by atoms with Crippen molar-refractivity contribution in [3.05, 3.63) is 64.1 Å². The van der Waals surface area contributed by atoms with Crippen molar-refractivity contribution in [1.82, 2.24) is 0 Å². The second-order valence-corrected chi connectivity index (χ2v) is 6.04. The molecule has 0 amide bonds. The number of nitrogens with zero attached hydrogens (tertiary/aromatic N) is 2. The summed E-state index contributed by atoms with van der Waals surface area (Å²) in [6.07, 6.45) is 0. The molecule has 0 fully saturated rings. The molecule has 4 heteroatoms. The predicted octanol–water partition coefficient (Wildman–Crippen LogP) is 3.85. The van der Waals surface area contributed by atoms with Crippen LogP contribution in [0, 0.1) is 11.3 Å². The van der Waals surface area contributed by atoms with Crippen molar-refractivity contribution in [3.63, 3.8) is 0 Å². The van der Waals surface area contributed by atoms with E-state index in [1.807, 2.05) is 44.3 Å². The van der Waals surface area contributed by atoms with Gasteiger partial charge in [0.1, 0.15) is 0 Å². The van der Waals surface area contributed by atoms with Crippen LogP contribution in [0.4, 0.5) is 5.69 Å². The highest BCUT2D eigenvalue weighted by Gasteiger charge is 2.21. The molecule has 0 radical (unpaired) electrons. The van der Waals surface area contributed by atoms with Gasteiger partial charge >= 0.3 is 0 Å². The van der Waals surface area contributed by atoms with E-state index in [0.29, 0.717) is 5.56 Å². The predicted molar refractivity (Wildman–Crippen MR) is 90.1 cm³/mol. The van der Waals surface area contributed by atoms with E-state index >= 15 is 0 Å². The van der Waals surface area contributed by atoms with Crippen molar-refractivity contribution in [2.75, 3.05) is 11.9 Å². The fourth-order valence-corrected chi connectivity index (χ4v) is 2.76. The summed E-state index contributed by atoms with van der Waals surface area (Å²) in [4.78, 5) is 2.12.